The molecule has 100 valence electrons. The van der Waals surface area contributed by atoms with E-state index in [-0.39, 0.29) is 11.9 Å². The number of likely N-dealkylation sites (N-methyl/N-ethyl adjacent to an activating group) is 1. The Kier molecular flexibility index (Phi) is 2.79. The molecule has 1 aliphatic rings. The van der Waals surface area contributed by atoms with Gasteiger partial charge in [0.2, 0.25) is 0 Å². The first kappa shape index (κ1) is 12.4. The van der Waals surface area contributed by atoms with Gasteiger partial charge in [0.25, 0.3) is 5.91 Å². The molecule has 0 radical (unpaired) electrons. The molecule has 1 N–H and O–H groups in total. The largest absolute Gasteiger partial charge is 0.325 e. The van der Waals surface area contributed by atoms with Gasteiger partial charge in [-0.25, -0.2) is 4.79 Å². The van der Waals surface area contributed by atoms with E-state index in [0.717, 1.165) is 16.0 Å². The second-order valence-corrected chi connectivity index (χ2v) is 4.78. The van der Waals surface area contributed by atoms with Crippen molar-refractivity contribution in [3.63, 3.8) is 0 Å². The van der Waals surface area contributed by atoms with Gasteiger partial charge in [0.1, 0.15) is 0 Å². The summed E-state index contributed by atoms with van der Waals surface area (Å²) in [4.78, 5) is 25.7. The molecule has 0 spiro atoms. The first-order valence-corrected chi connectivity index (χ1v) is 6.37. The van der Waals surface area contributed by atoms with Gasteiger partial charge in [-0.2, -0.15) is 0 Å². The van der Waals surface area contributed by atoms with Crippen LogP contribution in [-0.2, 0) is 10.3 Å². The van der Waals surface area contributed by atoms with E-state index in [9.17, 15) is 9.59 Å². The standard InChI is InChI=1S/C16H14N2O2/c1-18-14(19)16(17-15(18)20,12-8-4-2-5-9-12)13-10-6-3-7-11-13/h2-11H,1H3,(H,17,20). The van der Waals surface area contributed by atoms with Crippen molar-refractivity contribution in [1.29, 1.82) is 0 Å². The molecule has 1 fully saturated rings. The van der Waals surface area contributed by atoms with Gasteiger partial charge >= 0.3 is 6.03 Å². The molecule has 3 amide bonds. The molecule has 0 aliphatic carbocycles. The molecule has 2 aromatic carbocycles. The third kappa shape index (κ3) is 1.61. The first-order valence-electron chi connectivity index (χ1n) is 6.37. The molecule has 0 atom stereocenters. The lowest BCUT2D eigenvalue weighted by Gasteiger charge is -2.27. The number of urea groups is 1. The van der Waals surface area contributed by atoms with Crippen LogP contribution in [0.5, 0.6) is 0 Å². The van der Waals surface area contributed by atoms with Gasteiger partial charge in [0, 0.05) is 7.05 Å². The highest BCUT2D eigenvalue weighted by molar-refractivity contribution is 6.09. The first-order chi connectivity index (χ1) is 9.66. The predicted octanol–water partition coefficient (Wildman–Crippen LogP) is 2.11. The van der Waals surface area contributed by atoms with E-state index in [4.69, 9.17) is 0 Å². The quantitative estimate of drug-likeness (QED) is 0.846. The molecule has 1 heterocycles. The highest BCUT2D eigenvalue weighted by atomic mass is 16.2. The number of hydrogen-bond donors (Lipinski definition) is 1. The molecular formula is C16H14N2O2. The molecule has 3 rings (SSSR count). The fourth-order valence-electron chi connectivity index (χ4n) is 2.58. The van der Waals surface area contributed by atoms with Crippen molar-refractivity contribution >= 4 is 11.9 Å². The number of benzene rings is 2. The molecule has 20 heavy (non-hydrogen) atoms. The van der Waals surface area contributed by atoms with Crippen LogP contribution in [0.4, 0.5) is 4.79 Å². The van der Waals surface area contributed by atoms with E-state index in [2.05, 4.69) is 5.32 Å². The van der Waals surface area contributed by atoms with Crippen LogP contribution >= 0.6 is 0 Å². The molecule has 4 nitrogen and oxygen atoms in total. The maximum Gasteiger partial charge on any atom is 0.325 e. The summed E-state index contributed by atoms with van der Waals surface area (Å²) in [7, 11) is 1.49. The smallest absolute Gasteiger partial charge is 0.316 e. The average molecular weight is 266 g/mol. The summed E-state index contributed by atoms with van der Waals surface area (Å²) >= 11 is 0. The van der Waals surface area contributed by atoms with Gasteiger partial charge in [-0.3, -0.25) is 9.69 Å². The molecule has 0 bridgehead atoms. The zero-order valence-corrected chi connectivity index (χ0v) is 11.0. The minimum atomic E-state index is -1.13. The van der Waals surface area contributed by atoms with E-state index in [1.165, 1.54) is 7.05 Å². The van der Waals surface area contributed by atoms with Crippen molar-refractivity contribution < 1.29 is 9.59 Å². The number of hydrogen-bond acceptors (Lipinski definition) is 2. The highest BCUT2D eigenvalue weighted by Crippen LogP contribution is 2.35. The van der Waals surface area contributed by atoms with Crippen molar-refractivity contribution in [2.75, 3.05) is 7.05 Å². The monoisotopic (exact) mass is 266 g/mol. The molecule has 4 heteroatoms. The minimum Gasteiger partial charge on any atom is -0.316 e. The number of carbonyl (C=O) groups is 2. The van der Waals surface area contributed by atoms with Gasteiger partial charge in [-0.05, 0) is 11.1 Å². The van der Waals surface area contributed by atoms with Crippen LogP contribution in [0, 0.1) is 0 Å². The Balaban J connectivity index is 2.25. The summed E-state index contributed by atoms with van der Waals surface area (Å²) in [5.74, 6) is -0.264. The van der Waals surface area contributed by atoms with Gasteiger partial charge in [0.15, 0.2) is 5.54 Å². The van der Waals surface area contributed by atoms with Crippen LogP contribution in [-0.4, -0.2) is 23.9 Å². The average Bonchev–Trinajstić information content (AvgIpc) is 2.74. The van der Waals surface area contributed by atoms with Crippen molar-refractivity contribution in [2.45, 2.75) is 5.54 Å². The maximum absolute atomic E-state index is 12.7. The lowest BCUT2D eigenvalue weighted by atomic mass is 9.83. The normalized spacial score (nSPS) is 17.1. The summed E-state index contributed by atoms with van der Waals surface area (Å²) in [6.07, 6.45) is 0. The van der Waals surface area contributed by atoms with Crippen LogP contribution < -0.4 is 5.32 Å². The molecule has 0 unspecified atom stereocenters. The van der Waals surface area contributed by atoms with Crippen molar-refractivity contribution in [3.05, 3.63) is 71.8 Å². The summed E-state index contributed by atoms with van der Waals surface area (Å²) in [6, 6.07) is 18.2. The Morgan fingerprint density at radius 2 is 1.30 bits per heavy atom. The Hall–Kier alpha value is -2.62. The topological polar surface area (TPSA) is 49.4 Å². The Labute approximate surface area is 117 Å². The van der Waals surface area contributed by atoms with Gasteiger partial charge in [-0.15, -0.1) is 0 Å². The van der Waals surface area contributed by atoms with Crippen molar-refractivity contribution in [3.8, 4) is 0 Å². The second-order valence-electron chi connectivity index (χ2n) is 4.78. The Bertz CT molecular complexity index is 613. The van der Waals surface area contributed by atoms with Gasteiger partial charge in [0.05, 0.1) is 0 Å². The zero-order valence-electron chi connectivity index (χ0n) is 11.0. The SMILES string of the molecule is CN1C(=O)NC(c2ccccc2)(c2ccccc2)C1=O. The van der Waals surface area contributed by atoms with Crippen LogP contribution in [0.25, 0.3) is 0 Å². The summed E-state index contributed by atoms with van der Waals surface area (Å²) in [5, 5.41) is 2.84. The van der Waals surface area contributed by atoms with E-state index < -0.39 is 5.54 Å². The third-order valence-electron chi connectivity index (χ3n) is 3.64. The number of rotatable bonds is 2. The minimum absolute atomic E-state index is 0.264. The zero-order chi connectivity index (χ0) is 14.2. The highest BCUT2D eigenvalue weighted by Gasteiger charge is 2.52. The van der Waals surface area contributed by atoms with E-state index in [1.807, 2.05) is 60.7 Å². The molecule has 0 aromatic heterocycles. The van der Waals surface area contributed by atoms with Crippen LogP contribution in [0.1, 0.15) is 11.1 Å². The van der Waals surface area contributed by atoms with E-state index >= 15 is 0 Å². The third-order valence-corrected chi connectivity index (χ3v) is 3.64. The van der Waals surface area contributed by atoms with E-state index in [1.54, 1.807) is 0 Å². The van der Waals surface area contributed by atoms with Crippen molar-refractivity contribution in [2.24, 2.45) is 0 Å². The summed E-state index contributed by atoms with van der Waals surface area (Å²) < 4.78 is 0. The number of carbonyl (C=O) groups excluding carboxylic acids is 2. The number of nitrogens with zero attached hydrogens (tertiary/aromatic N) is 1. The van der Waals surface area contributed by atoms with Crippen LogP contribution in [0.15, 0.2) is 60.7 Å². The van der Waals surface area contributed by atoms with Crippen LogP contribution in [0.2, 0.25) is 0 Å². The maximum atomic E-state index is 12.7. The summed E-state index contributed by atoms with van der Waals surface area (Å²) in [6.45, 7) is 0. The molecule has 1 saturated heterocycles. The second kappa shape index (κ2) is 4.49. The molecule has 1 aliphatic heterocycles. The lowest BCUT2D eigenvalue weighted by Crippen LogP contribution is -2.44. The van der Waals surface area contributed by atoms with Gasteiger partial charge in [-0.1, -0.05) is 60.7 Å². The fraction of sp³-hybridized carbons (Fsp3) is 0.125. The lowest BCUT2D eigenvalue weighted by molar-refractivity contribution is -0.129. The van der Waals surface area contributed by atoms with Crippen molar-refractivity contribution in [1.82, 2.24) is 10.2 Å². The van der Waals surface area contributed by atoms with Gasteiger partial charge < -0.3 is 5.32 Å². The Morgan fingerprint density at radius 1 is 0.850 bits per heavy atom. The fourth-order valence-corrected chi connectivity index (χ4v) is 2.58. The molecule has 0 saturated carbocycles. The predicted molar refractivity (Wildman–Crippen MR) is 75.0 cm³/mol. The number of amides is 3. The van der Waals surface area contributed by atoms with Crippen LogP contribution in [0.3, 0.4) is 0 Å². The molecular weight excluding hydrogens is 252 g/mol. The number of imide groups is 1. The summed E-state index contributed by atoms with van der Waals surface area (Å²) in [5.41, 5.74) is 0.386. The Morgan fingerprint density at radius 3 is 1.65 bits per heavy atom. The molecule has 2 aromatic rings. The van der Waals surface area contributed by atoms with E-state index in [0.29, 0.717) is 0 Å². The number of nitrogens with one attached hydrogen (secondary N) is 1.